The SMILES string of the molecule is CC(C)(C)c1n[nH]cc1F. The van der Waals surface area contributed by atoms with Crippen molar-refractivity contribution in [2.75, 3.05) is 0 Å². The van der Waals surface area contributed by atoms with E-state index in [4.69, 9.17) is 0 Å². The summed E-state index contributed by atoms with van der Waals surface area (Å²) in [6.07, 6.45) is 1.26. The molecule has 2 nitrogen and oxygen atoms in total. The van der Waals surface area contributed by atoms with Crippen molar-refractivity contribution >= 4 is 0 Å². The molecule has 1 N–H and O–H groups in total. The van der Waals surface area contributed by atoms with Crippen molar-refractivity contribution in [1.29, 1.82) is 0 Å². The zero-order chi connectivity index (χ0) is 7.78. The van der Waals surface area contributed by atoms with Crippen LogP contribution in [-0.4, -0.2) is 10.2 Å². The van der Waals surface area contributed by atoms with Gasteiger partial charge in [0.15, 0.2) is 5.82 Å². The van der Waals surface area contributed by atoms with Gasteiger partial charge in [-0.25, -0.2) is 4.39 Å². The molecule has 0 saturated heterocycles. The van der Waals surface area contributed by atoms with Gasteiger partial charge >= 0.3 is 0 Å². The van der Waals surface area contributed by atoms with E-state index in [2.05, 4.69) is 10.2 Å². The molecule has 0 saturated carbocycles. The second kappa shape index (κ2) is 2.08. The fourth-order valence-corrected chi connectivity index (χ4v) is 0.801. The third kappa shape index (κ3) is 1.17. The maximum absolute atomic E-state index is 12.8. The van der Waals surface area contributed by atoms with Gasteiger partial charge in [0.1, 0.15) is 5.69 Å². The average Bonchev–Trinajstić information content (AvgIpc) is 2.11. The summed E-state index contributed by atoms with van der Waals surface area (Å²) < 4.78 is 12.8. The second-order valence-corrected chi connectivity index (χ2v) is 3.33. The molecule has 0 unspecified atom stereocenters. The maximum Gasteiger partial charge on any atom is 0.164 e. The number of halogens is 1. The fourth-order valence-electron chi connectivity index (χ4n) is 0.801. The molecule has 0 aliphatic carbocycles. The molecule has 3 heteroatoms. The third-order valence-electron chi connectivity index (χ3n) is 1.30. The number of hydrogen-bond acceptors (Lipinski definition) is 1. The lowest BCUT2D eigenvalue weighted by molar-refractivity contribution is 0.511. The summed E-state index contributed by atoms with van der Waals surface area (Å²) in [4.78, 5) is 0. The molecule has 1 aromatic heterocycles. The molecule has 0 spiro atoms. The number of nitrogens with one attached hydrogen (secondary N) is 1. The van der Waals surface area contributed by atoms with E-state index in [1.54, 1.807) is 0 Å². The number of H-pyrrole nitrogens is 1. The number of nitrogens with zero attached hydrogens (tertiary/aromatic N) is 1. The Morgan fingerprint density at radius 2 is 2.10 bits per heavy atom. The number of aromatic amines is 1. The highest BCUT2D eigenvalue weighted by Crippen LogP contribution is 2.21. The third-order valence-corrected chi connectivity index (χ3v) is 1.30. The molecule has 1 rings (SSSR count). The van der Waals surface area contributed by atoms with Crippen molar-refractivity contribution in [2.45, 2.75) is 26.2 Å². The first-order valence-electron chi connectivity index (χ1n) is 3.21. The summed E-state index contributed by atoms with van der Waals surface area (Å²) in [5.74, 6) is -0.257. The zero-order valence-corrected chi connectivity index (χ0v) is 6.40. The Labute approximate surface area is 59.5 Å². The smallest absolute Gasteiger partial charge is 0.164 e. The predicted octanol–water partition coefficient (Wildman–Crippen LogP) is 1.85. The topological polar surface area (TPSA) is 28.7 Å². The van der Waals surface area contributed by atoms with Crippen LogP contribution in [0.25, 0.3) is 0 Å². The minimum Gasteiger partial charge on any atom is -0.282 e. The van der Waals surface area contributed by atoms with Crippen LogP contribution in [0.5, 0.6) is 0 Å². The first kappa shape index (κ1) is 7.25. The minimum absolute atomic E-state index is 0.204. The number of aromatic nitrogens is 2. The van der Waals surface area contributed by atoms with E-state index in [0.29, 0.717) is 5.69 Å². The fraction of sp³-hybridized carbons (Fsp3) is 0.571. The van der Waals surface area contributed by atoms with Gasteiger partial charge in [-0.3, -0.25) is 5.10 Å². The van der Waals surface area contributed by atoms with Crippen molar-refractivity contribution < 1.29 is 4.39 Å². The molecule has 0 bridgehead atoms. The van der Waals surface area contributed by atoms with Crippen LogP contribution >= 0.6 is 0 Å². The van der Waals surface area contributed by atoms with Gasteiger partial charge in [-0.2, -0.15) is 5.10 Å². The summed E-state index contributed by atoms with van der Waals surface area (Å²) in [5.41, 5.74) is 0.289. The second-order valence-electron chi connectivity index (χ2n) is 3.33. The van der Waals surface area contributed by atoms with Crippen LogP contribution in [0.2, 0.25) is 0 Å². The molecule has 10 heavy (non-hydrogen) atoms. The Bertz CT molecular complexity index is 222. The lowest BCUT2D eigenvalue weighted by Crippen LogP contribution is -2.13. The van der Waals surface area contributed by atoms with Gasteiger partial charge in [0.25, 0.3) is 0 Å². The van der Waals surface area contributed by atoms with E-state index in [0.717, 1.165) is 0 Å². The van der Waals surface area contributed by atoms with Gasteiger partial charge in [-0.05, 0) is 0 Å². The van der Waals surface area contributed by atoms with E-state index < -0.39 is 0 Å². The van der Waals surface area contributed by atoms with Crippen molar-refractivity contribution in [3.05, 3.63) is 17.7 Å². The molecular formula is C7H11FN2. The lowest BCUT2D eigenvalue weighted by atomic mass is 9.92. The molecule has 0 radical (unpaired) electrons. The monoisotopic (exact) mass is 142 g/mol. The van der Waals surface area contributed by atoms with Gasteiger partial charge in [0, 0.05) is 5.41 Å². The first-order chi connectivity index (χ1) is 4.52. The Morgan fingerprint density at radius 3 is 2.30 bits per heavy atom. The van der Waals surface area contributed by atoms with Crippen molar-refractivity contribution in [3.8, 4) is 0 Å². The molecule has 0 atom stereocenters. The Balaban J connectivity index is 3.05. The highest BCUT2D eigenvalue weighted by Gasteiger charge is 2.20. The Morgan fingerprint density at radius 1 is 1.50 bits per heavy atom. The van der Waals surface area contributed by atoms with Crippen LogP contribution in [0.1, 0.15) is 26.5 Å². The van der Waals surface area contributed by atoms with Crippen LogP contribution in [0.3, 0.4) is 0 Å². The summed E-state index contributed by atoms with van der Waals surface area (Å²) in [6, 6.07) is 0. The van der Waals surface area contributed by atoms with Crippen LogP contribution in [0.15, 0.2) is 6.20 Å². The molecule has 0 amide bonds. The van der Waals surface area contributed by atoms with E-state index in [1.165, 1.54) is 6.20 Å². The number of rotatable bonds is 0. The standard InChI is InChI=1S/C7H11FN2/c1-7(2,3)6-5(8)4-9-10-6/h4H,1-3H3,(H,9,10). The largest absolute Gasteiger partial charge is 0.282 e. The molecule has 1 heterocycles. The molecule has 1 aromatic rings. The number of hydrogen-bond donors (Lipinski definition) is 1. The van der Waals surface area contributed by atoms with E-state index in [1.807, 2.05) is 20.8 Å². The highest BCUT2D eigenvalue weighted by atomic mass is 19.1. The van der Waals surface area contributed by atoms with Crippen molar-refractivity contribution in [2.24, 2.45) is 0 Å². The summed E-state index contributed by atoms with van der Waals surface area (Å²) >= 11 is 0. The van der Waals surface area contributed by atoms with E-state index >= 15 is 0 Å². The van der Waals surface area contributed by atoms with Crippen LogP contribution < -0.4 is 0 Å². The van der Waals surface area contributed by atoms with Crippen LogP contribution in [0, 0.1) is 5.82 Å². The summed E-state index contributed by atoms with van der Waals surface area (Å²) in [5, 5.41) is 6.27. The van der Waals surface area contributed by atoms with Crippen LogP contribution in [-0.2, 0) is 5.41 Å². The first-order valence-corrected chi connectivity index (χ1v) is 3.21. The maximum atomic E-state index is 12.8. The molecule has 0 aromatic carbocycles. The average molecular weight is 142 g/mol. The summed E-state index contributed by atoms with van der Waals surface area (Å²) in [6.45, 7) is 5.77. The Kier molecular flexibility index (Phi) is 1.50. The highest BCUT2D eigenvalue weighted by molar-refractivity contribution is 5.11. The van der Waals surface area contributed by atoms with Gasteiger partial charge in [-0.15, -0.1) is 0 Å². The van der Waals surface area contributed by atoms with Gasteiger partial charge < -0.3 is 0 Å². The molecule has 0 aliphatic rings. The van der Waals surface area contributed by atoms with Crippen molar-refractivity contribution in [3.63, 3.8) is 0 Å². The molecular weight excluding hydrogens is 131 g/mol. The van der Waals surface area contributed by atoms with Crippen molar-refractivity contribution in [1.82, 2.24) is 10.2 Å². The normalized spacial score (nSPS) is 12.0. The van der Waals surface area contributed by atoms with E-state index in [-0.39, 0.29) is 11.2 Å². The van der Waals surface area contributed by atoms with Gasteiger partial charge in [0.05, 0.1) is 6.20 Å². The lowest BCUT2D eigenvalue weighted by Gasteiger charge is -2.13. The van der Waals surface area contributed by atoms with E-state index in [9.17, 15) is 4.39 Å². The molecule has 56 valence electrons. The quantitative estimate of drug-likeness (QED) is 0.588. The minimum atomic E-state index is -0.257. The predicted molar refractivity (Wildman–Crippen MR) is 37.2 cm³/mol. The molecule has 0 aliphatic heterocycles. The van der Waals surface area contributed by atoms with Gasteiger partial charge in [0.2, 0.25) is 0 Å². The molecule has 0 fully saturated rings. The van der Waals surface area contributed by atoms with Gasteiger partial charge in [-0.1, -0.05) is 20.8 Å². The summed E-state index contributed by atoms with van der Waals surface area (Å²) in [7, 11) is 0. The zero-order valence-electron chi connectivity index (χ0n) is 6.40. The van der Waals surface area contributed by atoms with Crippen LogP contribution in [0.4, 0.5) is 4.39 Å². The Hall–Kier alpha value is -0.860.